The predicted molar refractivity (Wildman–Crippen MR) is 38.1 cm³/mol. The Hall–Kier alpha value is -1.06. The number of carbonyl (C=O) groups is 1. The number of aromatic nitrogens is 2. The van der Waals surface area contributed by atoms with E-state index in [1.165, 1.54) is 6.20 Å². The zero-order valence-electron chi connectivity index (χ0n) is 5.74. The molecule has 0 saturated carbocycles. The van der Waals surface area contributed by atoms with Gasteiger partial charge in [-0.3, -0.25) is 9.48 Å². The van der Waals surface area contributed by atoms with Crippen molar-refractivity contribution in [3.05, 3.63) is 18.0 Å². The molecule has 50 valence electrons. The maximum absolute atomic E-state index is 10.8. The second kappa shape index (κ2) is 2.69. The van der Waals surface area contributed by atoms with Crippen molar-refractivity contribution in [2.75, 3.05) is 0 Å². The van der Waals surface area contributed by atoms with E-state index in [1.54, 1.807) is 17.9 Å². The summed E-state index contributed by atoms with van der Waals surface area (Å²) in [6, 6.07) is 0. The van der Waals surface area contributed by atoms with Gasteiger partial charge in [-0.15, -0.1) is 0 Å². The Balaban J connectivity index is 2.85. The Morgan fingerprint density at radius 1 is 1.90 bits per heavy atom. The largest absolute Gasteiger partial charge is 0.295 e. The number of nitrogens with zero attached hydrogens (tertiary/aromatic N) is 2. The van der Waals surface area contributed by atoms with E-state index in [0.717, 1.165) is 0 Å². The maximum Gasteiger partial charge on any atom is 0.157 e. The second-order valence-corrected chi connectivity index (χ2v) is 2.03. The normalized spacial score (nSPS) is 9.70. The van der Waals surface area contributed by atoms with Crippen molar-refractivity contribution in [2.45, 2.75) is 6.32 Å². The average Bonchev–Trinajstić information content (AvgIpc) is 2.34. The van der Waals surface area contributed by atoms with Crippen molar-refractivity contribution in [2.24, 2.45) is 7.05 Å². The Morgan fingerprint density at radius 2 is 2.60 bits per heavy atom. The van der Waals surface area contributed by atoms with Gasteiger partial charge in [0.2, 0.25) is 0 Å². The standard InChI is InChI=1S/C6H7BN2O/c1-9-4-5(3-8-9)6(10)2-7/h3-4H,2H2,1H3. The fourth-order valence-electron chi connectivity index (χ4n) is 0.683. The van der Waals surface area contributed by atoms with Crippen LogP contribution in [0.3, 0.4) is 0 Å². The fraction of sp³-hybridized carbons (Fsp3) is 0.333. The van der Waals surface area contributed by atoms with E-state index in [0.29, 0.717) is 5.56 Å². The van der Waals surface area contributed by atoms with Crippen LogP contribution in [-0.4, -0.2) is 23.4 Å². The summed E-state index contributed by atoms with van der Waals surface area (Å²) in [6.07, 6.45) is 3.20. The average molecular weight is 134 g/mol. The number of hydrogen-bond acceptors (Lipinski definition) is 2. The SMILES string of the molecule is [B]CC(=O)c1cnn(C)c1. The molecule has 10 heavy (non-hydrogen) atoms. The van der Waals surface area contributed by atoms with Crippen molar-refractivity contribution < 1.29 is 4.79 Å². The van der Waals surface area contributed by atoms with E-state index in [9.17, 15) is 4.79 Å². The molecule has 0 aromatic carbocycles. The van der Waals surface area contributed by atoms with Crippen LogP contribution in [0.1, 0.15) is 10.4 Å². The minimum absolute atomic E-state index is 0.0473. The molecule has 3 nitrogen and oxygen atoms in total. The number of carbonyl (C=O) groups excluding carboxylic acids is 1. The summed E-state index contributed by atoms with van der Waals surface area (Å²) in [5, 5.41) is 3.83. The van der Waals surface area contributed by atoms with Gasteiger partial charge in [0.1, 0.15) is 0 Å². The topological polar surface area (TPSA) is 34.9 Å². The van der Waals surface area contributed by atoms with Gasteiger partial charge in [-0.1, -0.05) is 0 Å². The van der Waals surface area contributed by atoms with Crippen LogP contribution in [0.15, 0.2) is 12.4 Å². The molecule has 2 radical (unpaired) electrons. The van der Waals surface area contributed by atoms with Gasteiger partial charge in [0.05, 0.1) is 19.6 Å². The fourth-order valence-corrected chi connectivity index (χ4v) is 0.683. The van der Waals surface area contributed by atoms with Gasteiger partial charge in [-0.05, 0) is 6.32 Å². The first kappa shape index (κ1) is 7.06. The summed E-state index contributed by atoms with van der Waals surface area (Å²) >= 11 is 0. The first-order valence-corrected chi connectivity index (χ1v) is 2.96. The Morgan fingerprint density at radius 3 is 3.00 bits per heavy atom. The van der Waals surface area contributed by atoms with Crippen molar-refractivity contribution in [1.29, 1.82) is 0 Å². The Bertz CT molecular complexity index is 244. The molecule has 1 rings (SSSR count). The van der Waals surface area contributed by atoms with Gasteiger partial charge in [0, 0.05) is 13.2 Å². The molecule has 0 aliphatic heterocycles. The van der Waals surface area contributed by atoms with Gasteiger partial charge in [-0.25, -0.2) is 0 Å². The number of aryl methyl sites for hydroxylation is 1. The lowest BCUT2D eigenvalue weighted by molar-refractivity contribution is 0.101. The van der Waals surface area contributed by atoms with Crippen molar-refractivity contribution in [3.63, 3.8) is 0 Å². The van der Waals surface area contributed by atoms with E-state index >= 15 is 0 Å². The maximum atomic E-state index is 10.8. The van der Waals surface area contributed by atoms with Gasteiger partial charge >= 0.3 is 0 Å². The summed E-state index contributed by atoms with van der Waals surface area (Å²) in [4.78, 5) is 10.8. The summed E-state index contributed by atoms with van der Waals surface area (Å²) in [7, 11) is 6.88. The van der Waals surface area contributed by atoms with Crippen molar-refractivity contribution >= 4 is 13.6 Å². The third-order valence-electron chi connectivity index (χ3n) is 1.21. The molecule has 0 bridgehead atoms. The molecule has 0 atom stereocenters. The Labute approximate surface area is 60.4 Å². The van der Waals surface area contributed by atoms with Crippen molar-refractivity contribution in [1.82, 2.24) is 9.78 Å². The van der Waals surface area contributed by atoms with Crippen LogP contribution in [0.4, 0.5) is 0 Å². The first-order valence-electron chi connectivity index (χ1n) is 2.96. The van der Waals surface area contributed by atoms with Gasteiger partial charge in [-0.2, -0.15) is 5.10 Å². The molecular weight excluding hydrogens is 127 g/mol. The summed E-state index contributed by atoms with van der Waals surface area (Å²) in [5.74, 6) is -0.0758. The summed E-state index contributed by atoms with van der Waals surface area (Å²) in [6.45, 7) is 0. The quantitative estimate of drug-likeness (QED) is 0.427. The highest BCUT2D eigenvalue weighted by Crippen LogP contribution is 1.99. The number of Topliss-reactive ketones (excluding diaryl/α,β-unsaturated/α-hetero) is 1. The van der Waals surface area contributed by atoms with Crippen LogP contribution in [0.2, 0.25) is 6.32 Å². The van der Waals surface area contributed by atoms with E-state index in [4.69, 9.17) is 7.85 Å². The van der Waals surface area contributed by atoms with E-state index in [1.807, 2.05) is 0 Å². The predicted octanol–water partition coefficient (Wildman–Crippen LogP) is 0.190. The molecule has 0 amide bonds. The lowest BCUT2D eigenvalue weighted by atomic mass is 9.98. The molecule has 0 fully saturated rings. The molecule has 0 saturated heterocycles. The van der Waals surface area contributed by atoms with Gasteiger partial charge in [0.15, 0.2) is 5.78 Å². The first-order chi connectivity index (χ1) is 4.74. The van der Waals surface area contributed by atoms with Crippen molar-refractivity contribution in [3.8, 4) is 0 Å². The molecule has 1 heterocycles. The molecule has 4 heteroatoms. The van der Waals surface area contributed by atoms with Crippen LogP contribution >= 0.6 is 0 Å². The number of hydrogen-bond donors (Lipinski definition) is 0. The molecule has 1 aromatic rings. The molecule has 0 spiro atoms. The minimum Gasteiger partial charge on any atom is -0.295 e. The van der Waals surface area contributed by atoms with E-state index < -0.39 is 0 Å². The van der Waals surface area contributed by atoms with Gasteiger partial charge in [0.25, 0.3) is 0 Å². The number of ketones is 1. The number of rotatable bonds is 2. The Kier molecular flexibility index (Phi) is 1.90. The molecule has 1 aromatic heterocycles. The van der Waals surface area contributed by atoms with Crippen LogP contribution in [0.25, 0.3) is 0 Å². The van der Waals surface area contributed by atoms with Crippen LogP contribution in [-0.2, 0) is 7.05 Å². The molecule has 0 N–H and O–H groups in total. The minimum atomic E-state index is -0.0758. The molecule has 0 aliphatic rings. The molecule has 0 aliphatic carbocycles. The zero-order chi connectivity index (χ0) is 7.56. The van der Waals surface area contributed by atoms with E-state index in [2.05, 4.69) is 5.10 Å². The monoisotopic (exact) mass is 134 g/mol. The highest BCUT2D eigenvalue weighted by atomic mass is 16.1. The third-order valence-corrected chi connectivity index (χ3v) is 1.21. The van der Waals surface area contributed by atoms with E-state index in [-0.39, 0.29) is 12.1 Å². The molecule has 0 unspecified atom stereocenters. The third kappa shape index (κ3) is 1.26. The van der Waals surface area contributed by atoms with Gasteiger partial charge < -0.3 is 0 Å². The van der Waals surface area contributed by atoms with Crippen LogP contribution in [0.5, 0.6) is 0 Å². The smallest absolute Gasteiger partial charge is 0.157 e. The van der Waals surface area contributed by atoms with Crippen LogP contribution in [0, 0.1) is 0 Å². The lowest BCUT2D eigenvalue weighted by Crippen LogP contribution is -1.94. The highest BCUT2D eigenvalue weighted by molar-refractivity contribution is 6.23. The summed E-state index contributed by atoms with van der Waals surface area (Å²) < 4.78 is 1.57. The second-order valence-electron chi connectivity index (χ2n) is 2.03. The highest BCUT2D eigenvalue weighted by Gasteiger charge is 2.02. The molecular formula is C6H7BN2O. The van der Waals surface area contributed by atoms with Crippen LogP contribution < -0.4 is 0 Å². The zero-order valence-corrected chi connectivity index (χ0v) is 5.74. The summed E-state index contributed by atoms with van der Waals surface area (Å²) in [5.41, 5.74) is 0.574. The lowest BCUT2D eigenvalue weighted by Gasteiger charge is -1.87.